The first-order chi connectivity index (χ1) is 14.9. The molecule has 0 radical (unpaired) electrons. The Labute approximate surface area is 187 Å². The lowest BCUT2D eigenvalue weighted by Crippen LogP contribution is -2.32. The van der Waals surface area contributed by atoms with Gasteiger partial charge in [-0.1, -0.05) is 55.8 Å². The van der Waals surface area contributed by atoms with Crippen LogP contribution in [0.4, 0.5) is 0 Å². The number of carbonyl (C=O) groups is 2. The zero-order valence-electron chi connectivity index (χ0n) is 18.0. The van der Waals surface area contributed by atoms with Gasteiger partial charge in [0.15, 0.2) is 0 Å². The summed E-state index contributed by atoms with van der Waals surface area (Å²) in [6, 6.07) is 17.1. The summed E-state index contributed by atoms with van der Waals surface area (Å²) in [5.74, 6) is -0.176. The number of hydrogen-bond acceptors (Lipinski definition) is 3. The average Bonchev–Trinajstić information content (AvgIpc) is 3.20. The lowest BCUT2D eigenvalue weighted by atomic mass is 10.0. The minimum atomic E-state index is -0.234. The summed E-state index contributed by atoms with van der Waals surface area (Å²) < 4.78 is 1.76. The Kier molecular flexibility index (Phi) is 7.47. The lowest BCUT2D eigenvalue weighted by molar-refractivity contribution is -0.130. The molecule has 0 fully saturated rings. The highest BCUT2D eigenvalue weighted by atomic mass is 35.5. The average molecular weight is 439 g/mol. The van der Waals surface area contributed by atoms with E-state index >= 15 is 0 Å². The van der Waals surface area contributed by atoms with Gasteiger partial charge in [-0.25, -0.2) is 4.68 Å². The fraction of sp³-hybridized carbons (Fsp3) is 0.292. The molecule has 7 heteroatoms. The largest absolute Gasteiger partial charge is 0.351 e. The molecule has 2 amide bonds. The van der Waals surface area contributed by atoms with Crippen molar-refractivity contribution >= 4 is 23.4 Å². The van der Waals surface area contributed by atoms with Gasteiger partial charge >= 0.3 is 0 Å². The van der Waals surface area contributed by atoms with Gasteiger partial charge in [-0.15, -0.1) is 0 Å². The SMILES string of the molecule is CC(C)c1c(C(=O)NCCC(=O)N(C)Cc2ccccc2)cnn1-c1ccc(Cl)cc1. The standard InChI is InChI=1S/C24H27ClN4O2/c1-17(2)23-21(15-27-29(23)20-11-9-19(25)10-12-20)24(31)26-14-13-22(30)28(3)16-18-7-5-4-6-8-18/h4-12,15,17H,13-14,16H2,1-3H3,(H,26,31). The molecular formula is C24H27ClN4O2. The highest BCUT2D eigenvalue weighted by Crippen LogP contribution is 2.24. The minimum absolute atomic E-state index is 0.0231. The Morgan fingerprint density at radius 3 is 2.42 bits per heavy atom. The van der Waals surface area contributed by atoms with Gasteiger partial charge in [0.1, 0.15) is 0 Å². The Hall–Kier alpha value is -3.12. The minimum Gasteiger partial charge on any atom is -0.351 e. The Morgan fingerprint density at radius 1 is 1.10 bits per heavy atom. The molecule has 31 heavy (non-hydrogen) atoms. The van der Waals surface area contributed by atoms with Crippen LogP contribution in [0.25, 0.3) is 5.69 Å². The van der Waals surface area contributed by atoms with Crippen LogP contribution in [0.5, 0.6) is 0 Å². The van der Waals surface area contributed by atoms with E-state index in [2.05, 4.69) is 10.4 Å². The fourth-order valence-electron chi connectivity index (χ4n) is 3.39. The van der Waals surface area contributed by atoms with Crippen molar-refractivity contribution in [3.05, 3.63) is 82.6 Å². The predicted octanol–water partition coefficient (Wildman–Crippen LogP) is 4.43. The molecular weight excluding hydrogens is 412 g/mol. The molecule has 3 aromatic rings. The number of aromatic nitrogens is 2. The van der Waals surface area contributed by atoms with Crippen LogP contribution in [0, 0.1) is 0 Å². The first-order valence-corrected chi connectivity index (χ1v) is 10.6. The van der Waals surface area contributed by atoms with Gasteiger partial charge in [0.05, 0.1) is 23.1 Å². The van der Waals surface area contributed by atoms with E-state index in [1.54, 1.807) is 35.0 Å². The molecule has 1 heterocycles. The lowest BCUT2D eigenvalue weighted by Gasteiger charge is -2.17. The molecule has 3 rings (SSSR count). The van der Waals surface area contributed by atoms with Gasteiger partial charge in [0, 0.05) is 31.6 Å². The van der Waals surface area contributed by atoms with Crippen LogP contribution in [-0.4, -0.2) is 40.1 Å². The van der Waals surface area contributed by atoms with E-state index in [0.717, 1.165) is 16.9 Å². The van der Waals surface area contributed by atoms with E-state index in [1.807, 2.05) is 56.3 Å². The van der Waals surface area contributed by atoms with Crippen molar-refractivity contribution in [3.63, 3.8) is 0 Å². The summed E-state index contributed by atoms with van der Waals surface area (Å²) in [7, 11) is 1.77. The van der Waals surface area contributed by atoms with Gasteiger partial charge in [0.25, 0.3) is 5.91 Å². The van der Waals surface area contributed by atoms with Crippen LogP contribution in [0.1, 0.15) is 47.8 Å². The van der Waals surface area contributed by atoms with Crippen LogP contribution in [0.3, 0.4) is 0 Å². The van der Waals surface area contributed by atoms with E-state index in [0.29, 0.717) is 17.1 Å². The molecule has 0 unspecified atom stereocenters. The van der Waals surface area contributed by atoms with Gasteiger partial charge in [-0.05, 0) is 35.7 Å². The molecule has 1 N–H and O–H groups in total. The normalized spacial score (nSPS) is 10.9. The summed E-state index contributed by atoms with van der Waals surface area (Å²) in [4.78, 5) is 26.9. The highest BCUT2D eigenvalue weighted by molar-refractivity contribution is 6.30. The molecule has 0 aliphatic heterocycles. The van der Waals surface area contributed by atoms with Crippen LogP contribution >= 0.6 is 11.6 Å². The van der Waals surface area contributed by atoms with Crippen LogP contribution in [0.15, 0.2) is 60.8 Å². The van der Waals surface area contributed by atoms with Crippen LogP contribution in [0.2, 0.25) is 5.02 Å². The second kappa shape index (κ2) is 10.3. The van der Waals surface area contributed by atoms with Gasteiger partial charge < -0.3 is 10.2 Å². The van der Waals surface area contributed by atoms with E-state index in [-0.39, 0.29) is 30.7 Å². The maximum Gasteiger partial charge on any atom is 0.254 e. The Balaban J connectivity index is 1.61. The maximum atomic E-state index is 12.8. The maximum absolute atomic E-state index is 12.8. The zero-order chi connectivity index (χ0) is 22.4. The van der Waals surface area contributed by atoms with E-state index in [1.165, 1.54) is 0 Å². The molecule has 1 aromatic heterocycles. The third kappa shape index (κ3) is 5.73. The second-order valence-electron chi connectivity index (χ2n) is 7.73. The number of halogens is 1. The monoisotopic (exact) mass is 438 g/mol. The van der Waals surface area contributed by atoms with Crippen molar-refractivity contribution in [1.29, 1.82) is 0 Å². The number of benzene rings is 2. The molecule has 0 atom stereocenters. The van der Waals surface area contributed by atoms with Crippen molar-refractivity contribution in [2.24, 2.45) is 0 Å². The molecule has 2 aromatic carbocycles. The van der Waals surface area contributed by atoms with Crippen LogP contribution in [-0.2, 0) is 11.3 Å². The topological polar surface area (TPSA) is 67.2 Å². The summed E-state index contributed by atoms with van der Waals surface area (Å²) >= 11 is 5.98. The predicted molar refractivity (Wildman–Crippen MR) is 123 cm³/mol. The number of carbonyl (C=O) groups excluding carboxylic acids is 2. The number of nitrogens with one attached hydrogen (secondary N) is 1. The van der Waals surface area contributed by atoms with Gasteiger partial charge in [-0.3, -0.25) is 9.59 Å². The zero-order valence-corrected chi connectivity index (χ0v) is 18.8. The van der Waals surface area contributed by atoms with E-state index < -0.39 is 0 Å². The Morgan fingerprint density at radius 2 is 1.77 bits per heavy atom. The summed E-state index contributed by atoms with van der Waals surface area (Å²) in [6.07, 6.45) is 1.81. The quantitative estimate of drug-likeness (QED) is 0.565. The van der Waals surface area contributed by atoms with Gasteiger partial charge in [0.2, 0.25) is 5.91 Å². The van der Waals surface area contributed by atoms with E-state index in [9.17, 15) is 9.59 Å². The third-order valence-corrected chi connectivity index (χ3v) is 5.23. The molecule has 0 bridgehead atoms. The van der Waals surface area contributed by atoms with Crippen LogP contribution < -0.4 is 5.32 Å². The first-order valence-electron chi connectivity index (χ1n) is 10.3. The number of hydrogen-bond donors (Lipinski definition) is 1. The van der Waals surface area contributed by atoms with Gasteiger partial charge in [-0.2, -0.15) is 5.10 Å². The molecule has 0 aliphatic rings. The first kappa shape index (κ1) is 22.6. The number of amides is 2. The van der Waals surface area contributed by atoms with Crippen molar-refractivity contribution in [1.82, 2.24) is 20.0 Å². The summed E-state index contributed by atoms with van der Waals surface area (Å²) in [5, 5.41) is 7.91. The smallest absolute Gasteiger partial charge is 0.254 e. The molecule has 0 saturated heterocycles. The highest BCUT2D eigenvalue weighted by Gasteiger charge is 2.21. The second-order valence-corrected chi connectivity index (χ2v) is 8.16. The summed E-state index contributed by atoms with van der Waals surface area (Å²) in [6.45, 7) is 4.84. The third-order valence-electron chi connectivity index (χ3n) is 4.98. The van der Waals surface area contributed by atoms with Crippen molar-refractivity contribution in [3.8, 4) is 5.69 Å². The van der Waals surface area contributed by atoms with E-state index in [4.69, 9.17) is 11.6 Å². The van der Waals surface area contributed by atoms with Crippen molar-refractivity contribution < 1.29 is 9.59 Å². The molecule has 0 aliphatic carbocycles. The molecule has 0 spiro atoms. The molecule has 6 nitrogen and oxygen atoms in total. The Bertz CT molecular complexity index is 1030. The summed E-state index contributed by atoms with van der Waals surface area (Å²) in [5.41, 5.74) is 3.23. The number of nitrogens with zero attached hydrogens (tertiary/aromatic N) is 3. The fourth-order valence-corrected chi connectivity index (χ4v) is 3.52. The van der Waals surface area contributed by atoms with Crippen molar-refractivity contribution in [2.45, 2.75) is 32.7 Å². The molecule has 0 saturated carbocycles. The number of rotatable bonds is 8. The van der Waals surface area contributed by atoms with Crippen molar-refractivity contribution in [2.75, 3.05) is 13.6 Å². The molecule has 162 valence electrons.